The predicted octanol–water partition coefficient (Wildman–Crippen LogP) is 7.01. The van der Waals surface area contributed by atoms with Gasteiger partial charge in [-0.15, -0.1) is 0 Å². The average Bonchev–Trinajstić information content (AvgIpc) is 2.83. The minimum atomic E-state index is -2.34. The number of ether oxygens (including phenoxy) is 1. The van der Waals surface area contributed by atoms with E-state index in [9.17, 15) is 19.5 Å². The van der Waals surface area contributed by atoms with Crippen LogP contribution in [0.15, 0.2) is 59.5 Å². The number of alkyl halides is 3. The Bertz CT molecular complexity index is 1120. The molecule has 3 rings (SSSR count). The van der Waals surface area contributed by atoms with Gasteiger partial charge in [-0.2, -0.15) is 5.06 Å². The Morgan fingerprint density at radius 3 is 2.21 bits per heavy atom. The summed E-state index contributed by atoms with van der Waals surface area (Å²) >= 11 is 17.9. The molecule has 38 heavy (non-hydrogen) atoms. The van der Waals surface area contributed by atoms with Gasteiger partial charge in [0.05, 0.1) is 6.04 Å². The summed E-state index contributed by atoms with van der Waals surface area (Å²) in [5.74, 6) is 0. The van der Waals surface area contributed by atoms with Crippen LogP contribution in [0.5, 0.6) is 0 Å². The largest absolute Gasteiger partial charge is 0.465 e. The molecule has 2 aromatic rings. The summed E-state index contributed by atoms with van der Waals surface area (Å²) in [6.45, 7) is 6.08. The van der Waals surface area contributed by atoms with Gasteiger partial charge in [-0.1, -0.05) is 63.2 Å². The minimum absolute atomic E-state index is 0.0118. The Labute approximate surface area is 241 Å². The molecule has 0 bridgehead atoms. The first kappa shape index (κ1) is 30.4. The number of hydrogen-bond donors (Lipinski definition) is 1. The normalized spacial score (nSPS) is 18.1. The predicted molar refractivity (Wildman–Crippen MR) is 147 cm³/mol. The van der Waals surface area contributed by atoms with Crippen molar-refractivity contribution < 1.29 is 29.1 Å². The molecule has 1 saturated heterocycles. The summed E-state index contributed by atoms with van der Waals surface area (Å²) in [4.78, 5) is 45.5. The SMILES string of the molecule is CC(C)(C)c1ccc(SC(=O)[C@@H]2CC[C@@H](N(OCc3ccccc3)C(=O)OC(Cl)(Cl)Cl)CN2C(=O)O)cc1. The van der Waals surface area contributed by atoms with Gasteiger partial charge >= 0.3 is 16.2 Å². The van der Waals surface area contributed by atoms with Crippen LogP contribution in [0, 0.1) is 0 Å². The molecule has 0 unspecified atom stereocenters. The molecule has 0 aliphatic carbocycles. The number of thioether (sulfide) groups is 1. The molecule has 8 nitrogen and oxygen atoms in total. The highest BCUT2D eigenvalue weighted by Crippen LogP contribution is 2.33. The van der Waals surface area contributed by atoms with Crippen LogP contribution in [0.2, 0.25) is 0 Å². The van der Waals surface area contributed by atoms with Crippen LogP contribution in [0.25, 0.3) is 0 Å². The smallest absolute Gasteiger partial charge is 0.437 e. The Kier molecular flexibility index (Phi) is 10.2. The van der Waals surface area contributed by atoms with Crippen LogP contribution < -0.4 is 0 Å². The second-order valence-electron chi connectivity index (χ2n) is 9.78. The highest BCUT2D eigenvalue weighted by atomic mass is 35.6. The molecule has 12 heteroatoms. The molecule has 0 saturated carbocycles. The number of hydroxylamine groups is 2. The summed E-state index contributed by atoms with van der Waals surface area (Å²) in [5, 5.41) is 10.5. The van der Waals surface area contributed by atoms with Crippen LogP contribution in [0.1, 0.15) is 44.7 Å². The summed E-state index contributed by atoms with van der Waals surface area (Å²) in [7, 11) is 0. The third-order valence-corrected chi connectivity index (χ3v) is 7.15. The van der Waals surface area contributed by atoms with Crippen molar-refractivity contribution in [2.24, 2.45) is 0 Å². The maximum Gasteiger partial charge on any atom is 0.437 e. The summed E-state index contributed by atoms with van der Waals surface area (Å²) in [6.07, 6.45) is -1.97. The van der Waals surface area contributed by atoms with E-state index in [0.29, 0.717) is 0 Å². The lowest BCUT2D eigenvalue weighted by Crippen LogP contribution is -2.56. The zero-order chi connectivity index (χ0) is 28.1. The standard InChI is InChI=1S/C26H29Cl3N2O6S/c1-25(2,3)18-9-12-20(13-10-18)38-22(32)21-14-11-19(15-30(21)23(33)34)31(24(35)37-26(27,28)29)36-16-17-7-5-4-6-8-17/h4-10,12-13,19,21H,11,14-16H2,1-3H3,(H,33,34)/t19-,21+/m1/s1. The van der Waals surface area contributed by atoms with E-state index in [4.69, 9.17) is 44.4 Å². The highest BCUT2D eigenvalue weighted by molar-refractivity contribution is 8.13. The van der Waals surface area contributed by atoms with Crippen molar-refractivity contribution in [3.8, 4) is 0 Å². The van der Waals surface area contributed by atoms with Crippen LogP contribution in [0.4, 0.5) is 9.59 Å². The molecule has 0 radical (unpaired) electrons. The summed E-state index contributed by atoms with van der Waals surface area (Å²) in [6, 6.07) is 15.0. The maximum atomic E-state index is 13.1. The molecule has 2 amide bonds. The Morgan fingerprint density at radius 1 is 1.03 bits per heavy atom. The highest BCUT2D eigenvalue weighted by Gasteiger charge is 2.42. The zero-order valence-electron chi connectivity index (χ0n) is 21.1. The molecule has 1 aliphatic rings. The first-order chi connectivity index (χ1) is 17.7. The Hall–Kier alpha value is -2.17. The van der Waals surface area contributed by atoms with E-state index in [0.717, 1.165) is 37.7 Å². The fourth-order valence-corrected chi connectivity index (χ4v) is 5.06. The Balaban J connectivity index is 1.73. The third kappa shape index (κ3) is 8.68. The fourth-order valence-electron chi connectivity index (χ4n) is 3.98. The van der Waals surface area contributed by atoms with Crippen LogP contribution >= 0.6 is 46.6 Å². The second kappa shape index (κ2) is 12.8. The first-order valence-electron chi connectivity index (χ1n) is 11.8. The van der Waals surface area contributed by atoms with E-state index < -0.39 is 28.2 Å². The van der Waals surface area contributed by atoms with Gasteiger partial charge in [-0.05, 0) is 88.1 Å². The molecule has 1 fully saturated rings. The van der Waals surface area contributed by atoms with Gasteiger partial charge in [0.1, 0.15) is 12.6 Å². The van der Waals surface area contributed by atoms with Crippen molar-refractivity contribution >= 4 is 63.9 Å². The zero-order valence-corrected chi connectivity index (χ0v) is 24.2. The molecular weight excluding hydrogens is 575 g/mol. The lowest BCUT2D eigenvalue weighted by molar-refractivity contribution is -0.181. The number of likely N-dealkylation sites (tertiary alicyclic amines) is 1. The number of benzene rings is 2. The molecular formula is C26H29Cl3N2O6S. The van der Waals surface area contributed by atoms with E-state index in [1.54, 1.807) is 24.3 Å². The molecule has 0 aromatic heterocycles. The van der Waals surface area contributed by atoms with E-state index in [1.807, 2.05) is 30.3 Å². The summed E-state index contributed by atoms with van der Waals surface area (Å²) in [5.41, 5.74) is 1.85. The number of amides is 2. The van der Waals surface area contributed by atoms with Crippen molar-refractivity contribution in [1.29, 1.82) is 0 Å². The number of rotatable bonds is 6. The van der Waals surface area contributed by atoms with E-state index in [1.165, 1.54) is 0 Å². The topological polar surface area (TPSA) is 96.4 Å². The molecule has 2 atom stereocenters. The van der Waals surface area contributed by atoms with E-state index in [-0.39, 0.29) is 36.5 Å². The number of piperidine rings is 1. The van der Waals surface area contributed by atoms with Gasteiger partial charge in [0, 0.05) is 11.4 Å². The first-order valence-corrected chi connectivity index (χ1v) is 13.8. The lowest BCUT2D eigenvalue weighted by Gasteiger charge is -2.40. The Morgan fingerprint density at radius 2 is 1.66 bits per heavy atom. The van der Waals surface area contributed by atoms with Crippen molar-refractivity contribution in [3.05, 3.63) is 65.7 Å². The number of hydrogen-bond acceptors (Lipinski definition) is 6. The number of carbonyl (C=O) groups is 3. The van der Waals surface area contributed by atoms with Crippen molar-refractivity contribution in [1.82, 2.24) is 9.96 Å². The van der Waals surface area contributed by atoms with Crippen LogP contribution in [-0.2, 0) is 26.4 Å². The van der Waals surface area contributed by atoms with Crippen LogP contribution in [0.3, 0.4) is 0 Å². The van der Waals surface area contributed by atoms with Gasteiger partial charge < -0.3 is 9.84 Å². The number of carboxylic acid groups (broad SMARTS) is 1. The monoisotopic (exact) mass is 602 g/mol. The average molecular weight is 604 g/mol. The number of halogens is 3. The maximum absolute atomic E-state index is 13.1. The quantitative estimate of drug-likeness (QED) is 0.215. The van der Waals surface area contributed by atoms with Gasteiger partial charge in [0.2, 0.25) is 5.12 Å². The lowest BCUT2D eigenvalue weighted by atomic mass is 9.87. The second-order valence-corrected chi connectivity index (χ2v) is 13.0. The number of carbonyl (C=O) groups excluding carboxylic acids is 2. The molecule has 1 aliphatic heterocycles. The molecule has 206 valence electrons. The molecule has 2 aromatic carbocycles. The third-order valence-electron chi connectivity index (χ3n) is 5.94. The summed E-state index contributed by atoms with van der Waals surface area (Å²) < 4.78 is 2.50. The van der Waals surface area contributed by atoms with Gasteiger partial charge in [0.25, 0.3) is 0 Å². The molecule has 1 N–H and O–H groups in total. The van der Waals surface area contributed by atoms with Gasteiger partial charge in [-0.25, -0.2) is 9.59 Å². The van der Waals surface area contributed by atoms with E-state index in [2.05, 4.69) is 20.8 Å². The molecule has 0 spiro atoms. The molecule has 1 heterocycles. The van der Waals surface area contributed by atoms with Crippen molar-refractivity contribution in [3.63, 3.8) is 0 Å². The van der Waals surface area contributed by atoms with Gasteiger partial charge in [0.15, 0.2) is 0 Å². The van der Waals surface area contributed by atoms with Crippen molar-refractivity contribution in [2.75, 3.05) is 6.54 Å². The van der Waals surface area contributed by atoms with Crippen LogP contribution in [-0.4, -0.2) is 55.0 Å². The number of nitrogens with zero attached hydrogens (tertiary/aromatic N) is 2. The van der Waals surface area contributed by atoms with Crippen molar-refractivity contribution in [2.45, 2.75) is 66.6 Å². The van der Waals surface area contributed by atoms with E-state index >= 15 is 0 Å². The minimum Gasteiger partial charge on any atom is -0.465 e. The van der Waals surface area contributed by atoms with Gasteiger partial charge in [-0.3, -0.25) is 14.5 Å². The fraction of sp³-hybridized carbons (Fsp3) is 0.423.